The fourth-order valence-corrected chi connectivity index (χ4v) is 2.96. The second-order valence-corrected chi connectivity index (χ2v) is 6.48. The van der Waals surface area contributed by atoms with Crippen LogP contribution in [0.15, 0.2) is 36.5 Å². The monoisotopic (exact) mass is 358 g/mol. The van der Waals surface area contributed by atoms with Crippen molar-refractivity contribution in [1.29, 1.82) is 0 Å². The fourth-order valence-electron chi connectivity index (χ4n) is 2.96. The van der Waals surface area contributed by atoms with E-state index in [-0.39, 0.29) is 17.6 Å². The molecule has 1 saturated heterocycles. The second kappa shape index (κ2) is 8.14. The van der Waals surface area contributed by atoms with Crippen LogP contribution >= 0.6 is 0 Å². The molecule has 0 spiro atoms. The molecular weight excluding hydrogens is 335 g/mol. The molecule has 0 radical (unpaired) electrons. The van der Waals surface area contributed by atoms with Crippen molar-refractivity contribution in [2.75, 3.05) is 38.0 Å². The molecule has 0 unspecified atom stereocenters. The number of nitrogens with zero attached hydrogens (tertiary/aromatic N) is 2. The molecule has 3 rings (SSSR count). The molecule has 2 amide bonds. The summed E-state index contributed by atoms with van der Waals surface area (Å²) in [5.41, 5.74) is 1.62. The molecule has 138 valence electrons. The summed E-state index contributed by atoms with van der Waals surface area (Å²) < 4.78 is 13.5. The topological polar surface area (TPSA) is 68.4 Å². The van der Waals surface area contributed by atoms with Crippen LogP contribution in [0.4, 0.5) is 10.1 Å². The summed E-state index contributed by atoms with van der Waals surface area (Å²) in [4.78, 5) is 31.2. The highest BCUT2D eigenvalue weighted by Gasteiger charge is 2.22. The SMILES string of the molecule is Cc1ccc(NC(=O)CCN2CCN(C(=O)c3ccc[nH]3)CC2)cc1F. The van der Waals surface area contributed by atoms with E-state index in [2.05, 4.69) is 15.2 Å². The third kappa shape index (κ3) is 4.49. The van der Waals surface area contributed by atoms with Gasteiger partial charge in [-0.05, 0) is 36.8 Å². The standard InChI is InChI=1S/C19H23FN4O2/c1-14-4-5-15(13-16(14)20)22-18(25)6-8-23-9-11-24(12-10-23)19(26)17-3-2-7-21-17/h2-5,7,13,21H,6,8-12H2,1H3,(H,22,25). The number of amides is 2. The average Bonchev–Trinajstić information content (AvgIpc) is 3.18. The Hall–Kier alpha value is -2.67. The number of aryl methyl sites for hydroxylation is 1. The zero-order valence-corrected chi connectivity index (χ0v) is 14.8. The van der Waals surface area contributed by atoms with Crippen molar-refractivity contribution >= 4 is 17.5 Å². The highest BCUT2D eigenvalue weighted by Crippen LogP contribution is 2.14. The van der Waals surface area contributed by atoms with Gasteiger partial charge < -0.3 is 15.2 Å². The van der Waals surface area contributed by atoms with Crippen molar-refractivity contribution in [3.05, 3.63) is 53.6 Å². The van der Waals surface area contributed by atoms with Gasteiger partial charge in [-0.1, -0.05) is 6.07 Å². The number of hydrogen-bond donors (Lipinski definition) is 2. The number of halogens is 1. The Bertz CT molecular complexity index is 768. The van der Waals surface area contributed by atoms with Gasteiger partial charge in [-0.15, -0.1) is 0 Å². The van der Waals surface area contributed by atoms with Crippen LogP contribution in [0.1, 0.15) is 22.5 Å². The Kier molecular flexibility index (Phi) is 5.68. The molecule has 0 bridgehead atoms. The van der Waals surface area contributed by atoms with Crippen molar-refractivity contribution in [3.8, 4) is 0 Å². The van der Waals surface area contributed by atoms with Crippen LogP contribution in [-0.4, -0.2) is 59.3 Å². The van der Waals surface area contributed by atoms with Crippen LogP contribution in [0.25, 0.3) is 0 Å². The lowest BCUT2D eigenvalue weighted by Crippen LogP contribution is -2.49. The van der Waals surface area contributed by atoms with E-state index in [4.69, 9.17) is 0 Å². The number of carbonyl (C=O) groups is 2. The lowest BCUT2D eigenvalue weighted by molar-refractivity contribution is -0.116. The molecule has 1 fully saturated rings. The van der Waals surface area contributed by atoms with Crippen molar-refractivity contribution in [2.45, 2.75) is 13.3 Å². The molecular formula is C19H23FN4O2. The van der Waals surface area contributed by atoms with E-state index in [1.165, 1.54) is 6.07 Å². The Morgan fingerprint density at radius 1 is 1.19 bits per heavy atom. The van der Waals surface area contributed by atoms with Crippen LogP contribution in [0.5, 0.6) is 0 Å². The van der Waals surface area contributed by atoms with E-state index in [1.807, 2.05) is 11.0 Å². The fraction of sp³-hybridized carbons (Fsp3) is 0.368. The molecule has 1 aromatic heterocycles. The number of benzene rings is 1. The van der Waals surface area contributed by atoms with Crippen molar-refractivity contribution in [3.63, 3.8) is 0 Å². The average molecular weight is 358 g/mol. The minimum absolute atomic E-state index is 0.00814. The minimum Gasteiger partial charge on any atom is -0.357 e. The summed E-state index contributed by atoms with van der Waals surface area (Å²) in [6, 6.07) is 8.25. The molecule has 1 aromatic carbocycles. The van der Waals surface area contributed by atoms with E-state index in [0.29, 0.717) is 43.0 Å². The van der Waals surface area contributed by atoms with Gasteiger partial charge in [0.15, 0.2) is 0 Å². The van der Waals surface area contributed by atoms with Crippen LogP contribution in [-0.2, 0) is 4.79 Å². The van der Waals surface area contributed by atoms with E-state index in [9.17, 15) is 14.0 Å². The van der Waals surface area contributed by atoms with Crippen LogP contribution in [0.3, 0.4) is 0 Å². The molecule has 26 heavy (non-hydrogen) atoms. The Labute approximate surface area is 152 Å². The molecule has 2 aromatic rings. The molecule has 1 aliphatic heterocycles. The number of piperazine rings is 1. The number of H-pyrrole nitrogens is 1. The highest BCUT2D eigenvalue weighted by molar-refractivity contribution is 5.92. The maximum Gasteiger partial charge on any atom is 0.270 e. The predicted molar refractivity (Wildman–Crippen MR) is 97.5 cm³/mol. The summed E-state index contributed by atoms with van der Waals surface area (Å²) in [6.07, 6.45) is 2.07. The number of nitrogens with one attached hydrogen (secondary N) is 2. The van der Waals surface area contributed by atoms with Gasteiger partial charge in [-0.3, -0.25) is 14.5 Å². The maximum absolute atomic E-state index is 13.5. The zero-order valence-electron chi connectivity index (χ0n) is 14.8. The van der Waals surface area contributed by atoms with Crippen LogP contribution in [0, 0.1) is 12.7 Å². The number of rotatable bonds is 5. The third-order valence-electron chi connectivity index (χ3n) is 4.60. The Morgan fingerprint density at radius 2 is 1.96 bits per heavy atom. The Balaban J connectivity index is 1.41. The number of hydrogen-bond acceptors (Lipinski definition) is 3. The van der Waals surface area contributed by atoms with E-state index in [1.54, 1.807) is 31.3 Å². The number of carbonyl (C=O) groups excluding carboxylic acids is 2. The number of aromatic nitrogens is 1. The molecule has 6 nitrogen and oxygen atoms in total. The summed E-state index contributed by atoms with van der Waals surface area (Å²) in [6.45, 7) is 5.05. The molecule has 7 heteroatoms. The lowest BCUT2D eigenvalue weighted by Gasteiger charge is -2.34. The molecule has 0 saturated carbocycles. The van der Waals surface area contributed by atoms with Crippen LogP contribution in [0.2, 0.25) is 0 Å². The first kappa shape index (κ1) is 18.1. The van der Waals surface area contributed by atoms with Gasteiger partial charge in [0.1, 0.15) is 11.5 Å². The summed E-state index contributed by atoms with van der Waals surface area (Å²) in [7, 11) is 0. The normalized spacial score (nSPS) is 15.1. The molecule has 0 aliphatic carbocycles. The minimum atomic E-state index is -0.328. The van der Waals surface area contributed by atoms with Gasteiger partial charge >= 0.3 is 0 Å². The maximum atomic E-state index is 13.5. The number of aromatic amines is 1. The van der Waals surface area contributed by atoms with Gasteiger partial charge in [-0.25, -0.2) is 4.39 Å². The van der Waals surface area contributed by atoms with Crippen molar-refractivity contribution in [1.82, 2.24) is 14.8 Å². The smallest absolute Gasteiger partial charge is 0.270 e. The molecule has 0 atom stereocenters. The van der Waals surface area contributed by atoms with E-state index in [0.717, 1.165) is 13.1 Å². The largest absolute Gasteiger partial charge is 0.357 e. The van der Waals surface area contributed by atoms with Gasteiger partial charge in [0.05, 0.1) is 0 Å². The third-order valence-corrected chi connectivity index (χ3v) is 4.60. The molecule has 2 N–H and O–H groups in total. The van der Waals surface area contributed by atoms with Crippen molar-refractivity contribution < 1.29 is 14.0 Å². The van der Waals surface area contributed by atoms with Crippen molar-refractivity contribution in [2.24, 2.45) is 0 Å². The van der Waals surface area contributed by atoms with Gasteiger partial charge in [0.2, 0.25) is 5.91 Å². The van der Waals surface area contributed by atoms with E-state index < -0.39 is 0 Å². The highest BCUT2D eigenvalue weighted by atomic mass is 19.1. The zero-order chi connectivity index (χ0) is 18.5. The van der Waals surface area contributed by atoms with Gasteiger partial charge in [0, 0.05) is 51.0 Å². The number of anilines is 1. The van der Waals surface area contributed by atoms with Gasteiger partial charge in [-0.2, -0.15) is 0 Å². The predicted octanol–water partition coefficient (Wildman–Crippen LogP) is 2.25. The first-order valence-electron chi connectivity index (χ1n) is 8.74. The summed E-state index contributed by atoms with van der Waals surface area (Å²) >= 11 is 0. The summed E-state index contributed by atoms with van der Waals surface area (Å²) in [5.74, 6) is -0.461. The first-order chi connectivity index (χ1) is 12.5. The second-order valence-electron chi connectivity index (χ2n) is 6.48. The molecule has 2 heterocycles. The Morgan fingerprint density at radius 3 is 2.62 bits per heavy atom. The van der Waals surface area contributed by atoms with E-state index >= 15 is 0 Å². The molecule has 1 aliphatic rings. The first-order valence-corrected chi connectivity index (χ1v) is 8.74. The van der Waals surface area contributed by atoms with Gasteiger partial charge in [0.25, 0.3) is 5.91 Å². The quantitative estimate of drug-likeness (QED) is 0.861. The van der Waals surface area contributed by atoms with Crippen LogP contribution < -0.4 is 5.32 Å². The summed E-state index contributed by atoms with van der Waals surface area (Å²) in [5, 5.41) is 2.72. The lowest BCUT2D eigenvalue weighted by atomic mass is 10.2.